The second kappa shape index (κ2) is 5.47. The van der Waals surface area contributed by atoms with Crippen LogP contribution in [-0.2, 0) is 23.6 Å². The Morgan fingerprint density at radius 2 is 2.29 bits per heavy atom. The molecule has 7 nitrogen and oxygen atoms in total. The van der Waals surface area contributed by atoms with Gasteiger partial charge in [0.1, 0.15) is 10.7 Å². The molecule has 2 aromatic rings. The van der Waals surface area contributed by atoms with Crippen molar-refractivity contribution in [2.45, 2.75) is 30.3 Å². The lowest BCUT2D eigenvalue weighted by molar-refractivity contribution is 0.460. The summed E-state index contributed by atoms with van der Waals surface area (Å²) in [7, 11) is -2.01. The Kier molecular flexibility index (Phi) is 3.80. The molecular weight excluding hydrogens is 360 g/mol. The smallest absolute Gasteiger partial charge is 0.267 e. The largest absolute Gasteiger partial charge is 0.451 e. The topological polar surface area (TPSA) is 89.2 Å². The van der Waals surface area contributed by atoms with Gasteiger partial charge in [0.15, 0.2) is 10.5 Å². The molecule has 0 unspecified atom stereocenters. The van der Waals surface area contributed by atoms with E-state index in [4.69, 9.17) is 4.42 Å². The van der Waals surface area contributed by atoms with E-state index in [2.05, 4.69) is 31.1 Å². The van der Waals surface area contributed by atoms with Gasteiger partial charge in [-0.15, -0.1) is 0 Å². The molecule has 0 saturated heterocycles. The van der Waals surface area contributed by atoms with Crippen molar-refractivity contribution >= 4 is 31.8 Å². The summed E-state index contributed by atoms with van der Waals surface area (Å²) in [6.45, 7) is 0.516. The first kappa shape index (κ1) is 14.6. The minimum Gasteiger partial charge on any atom is -0.451 e. The molecule has 0 aliphatic heterocycles. The standard InChI is InChI=1S/C12H15BrN4O3S/c1-17-5-4-11(15-17)16-21(18,19)10-6-9(20-12(10)13)7-14-8-2-3-8/h4-6,8,14H,2-3,7H2,1H3,(H,15,16). The van der Waals surface area contributed by atoms with E-state index in [0.29, 0.717) is 18.3 Å². The molecule has 0 bridgehead atoms. The number of halogens is 1. The fourth-order valence-electron chi connectivity index (χ4n) is 1.86. The molecule has 0 atom stereocenters. The number of hydrogen-bond acceptors (Lipinski definition) is 5. The van der Waals surface area contributed by atoms with Gasteiger partial charge in [-0.05, 0) is 28.8 Å². The second-order valence-electron chi connectivity index (χ2n) is 4.99. The Morgan fingerprint density at radius 3 is 2.90 bits per heavy atom. The number of rotatable bonds is 6. The van der Waals surface area contributed by atoms with E-state index in [1.165, 1.54) is 10.7 Å². The number of hydrogen-bond donors (Lipinski definition) is 2. The molecule has 1 fully saturated rings. The van der Waals surface area contributed by atoms with Gasteiger partial charge in [-0.2, -0.15) is 5.10 Å². The minimum atomic E-state index is -3.73. The van der Waals surface area contributed by atoms with Gasteiger partial charge in [-0.1, -0.05) is 0 Å². The van der Waals surface area contributed by atoms with Crippen LogP contribution >= 0.6 is 15.9 Å². The fourth-order valence-corrected chi connectivity index (χ4v) is 3.86. The molecule has 9 heteroatoms. The summed E-state index contributed by atoms with van der Waals surface area (Å²) in [6, 6.07) is 3.63. The van der Waals surface area contributed by atoms with Crippen LogP contribution in [-0.4, -0.2) is 24.2 Å². The van der Waals surface area contributed by atoms with E-state index >= 15 is 0 Å². The quantitative estimate of drug-likeness (QED) is 0.804. The zero-order valence-electron chi connectivity index (χ0n) is 11.3. The maximum absolute atomic E-state index is 12.3. The Bertz CT molecular complexity index is 748. The molecule has 1 aliphatic rings. The Morgan fingerprint density at radius 1 is 1.52 bits per heavy atom. The molecule has 3 rings (SSSR count). The van der Waals surface area contributed by atoms with Gasteiger partial charge in [-0.3, -0.25) is 9.40 Å². The van der Waals surface area contributed by atoms with Crippen molar-refractivity contribution in [1.29, 1.82) is 0 Å². The maximum Gasteiger partial charge on any atom is 0.267 e. The summed E-state index contributed by atoms with van der Waals surface area (Å²) in [5.74, 6) is 0.846. The molecule has 2 heterocycles. The number of nitrogens with zero attached hydrogens (tertiary/aromatic N) is 2. The molecule has 0 spiro atoms. The Labute approximate surface area is 130 Å². The lowest BCUT2D eigenvalue weighted by atomic mass is 10.4. The maximum atomic E-state index is 12.3. The number of anilines is 1. The number of aryl methyl sites for hydroxylation is 1. The van der Waals surface area contributed by atoms with Crippen molar-refractivity contribution in [3.05, 3.63) is 28.8 Å². The van der Waals surface area contributed by atoms with Crippen molar-refractivity contribution in [3.8, 4) is 0 Å². The summed E-state index contributed by atoms with van der Waals surface area (Å²) in [4.78, 5) is 0.0701. The second-order valence-corrected chi connectivity index (χ2v) is 7.36. The summed E-state index contributed by atoms with van der Waals surface area (Å²) < 4.78 is 34.2. The molecule has 1 saturated carbocycles. The SMILES string of the molecule is Cn1ccc(NS(=O)(=O)c2cc(CNC3CC3)oc2Br)n1. The number of sulfonamides is 1. The summed E-state index contributed by atoms with van der Waals surface area (Å²) in [5.41, 5.74) is 0. The van der Waals surface area contributed by atoms with E-state index in [-0.39, 0.29) is 15.4 Å². The highest BCUT2D eigenvalue weighted by Crippen LogP contribution is 2.28. The van der Waals surface area contributed by atoms with Crippen molar-refractivity contribution in [3.63, 3.8) is 0 Å². The van der Waals surface area contributed by atoms with Crippen molar-refractivity contribution in [2.24, 2.45) is 7.05 Å². The van der Waals surface area contributed by atoms with Crippen LogP contribution in [0, 0.1) is 0 Å². The third kappa shape index (κ3) is 3.47. The van der Waals surface area contributed by atoms with Gasteiger partial charge >= 0.3 is 0 Å². The normalized spacial score (nSPS) is 15.3. The summed E-state index contributed by atoms with van der Waals surface area (Å²) in [6.07, 6.45) is 3.98. The van der Waals surface area contributed by atoms with Gasteiger partial charge in [0.25, 0.3) is 10.0 Å². The molecule has 114 valence electrons. The fraction of sp³-hybridized carbons (Fsp3) is 0.417. The molecule has 21 heavy (non-hydrogen) atoms. The zero-order valence-corrected chi connectivity index (χ0v) is 13.7. The van der Waals surface area contributed by atoms with E-state index in [1.54, 1.807) is 19.3 Å². The third-order valence-corrected chi connectivity index (χ3v) is 5.30. The number of furan rings is 1. The molecular formula is C12H15BrN4O3S. The van der Waals surface area contributed by atoms with Gasteiger partial charge in [0.05, 0.1) is 6.54 Å². The highest BCUT2D eigenvalue weighted by Gasteiger charge is 2.25. The molecule has 0 radical (unpaired) electrons. The predicted molar refractivity (Wildman–Crippen MR) is 80.3 cm³/mol. The average Bonchev–Trinajstić information content (AvgIpc) is 3.03. The minimum absolute atomic E-state index is 0.0701. The first-order valence-electron chi connectivity index (χ1n) is 6.48. The van der Waals surface area contributed by atoms with Crippen LogP contribution in [0.5, 0.6) is 0 Å². The Balaban J connectivity index is 1.77. The van der Waals surface area contributed by atoms with E-state index in [9.17, 15) is 8.42 Å². The molecule has 0 amide bonds. The first-order valence-corrected chi connectivity index (χ1v) is 8.76. The number of aromatic nitrogens is 2. The summed E-state index contributed by atoms with van der Waals surface area (Å²) in [5, 5.41) is 7.27. The first-order chi connectivity index (χ1) is 9.94. The molecule has 0 aromatic carbocycles. The van der Waals surface area contributed by atoms with E-state index in [1.807, 2.05) is 0 Å². The van der Waals surface area contributed by atoms with Crippen LogP contribution in [0.4, 0.5) is 5.82 Å². The highest BCUT2D eigenvalue weighted by atomic mass is 79.9. The van der Waals surface area contributed by atoms with Crippen LogP contribution in [0.1, 0.15) is 18.6 Å². The van der Waals surface area contributed by atoms with Crippen LogP contribution in [0.3, 0.4) is 0 Å². The lowest BCUT2D eigenvalue weighted by Gasteiger charge is -2.02. The number of nitrogens with one attached hydrogen (secondary N) is 2. The van der Waals surface area contributed by atoms with Crippen LogP contribution in [0.2, 0.25) is 0 Å². The third-order valence-electron chi connectivity index (χ3n) is 3.09. The summed E-state index contributed by atoms with van der Waals surface area (Å²) >= 11 is 3.15. The van der Waals surface area contributed by atoms with Crippen LogP contribution in [0.25, 0.3) is 0 Å². The van der Waals surface area contributed by atoms with Crippen molar-refractivity contribution in [1.82, 2.24) is 15.1 Å². The van der Waals surface area contributed by atoms with Crippen LogP contribution in [0.15, 0.2) is 32.3 Å². The van der Waals surface area contributed by atoms with E-state index in [0.717, 1.165) is 12.8 Å². The van der Waals surface area contributed by atoms with Gasteiger partial charge in [0, 0.05) is 31.4 Å². The van der Waals surface area contributed by atoms with E-state index < -0.39 is 10.0 Å². The Hall–Kier alpha value is -1.32. The van der Waals surface area contributed by atoms with Crippen molar-refractivity contribution < 1.29 is 12.8 Å². The molecule has 2 N–H and O–H groups in total. The molecule has 1 aliphatic carbocycles. The van der Waals surface area contributed by atoms with Gasteiger partial charge in [0.2, 0.25) is 0 Å². The van der Waals surface area contributed by atoms with Gasteiger partial charge < -0.3 is 9.73 Å². The zero-order chi connectivity index (χ0) is 15.0. The van der Waals surface area contributed by atoms with Crippen LogP contribution < -0.4 is 10.0 Å². The van der Waals surface area contributed by atoms with Gasteiger partial charge in [-0.25, -0.2) is 8.42 Å². The average molecular weight is 375 g/mol. The predicted octanol–water partition coefficient (Wildman–Crippen LogP) is 1.83. The van der Waals surface area contributed by atoms with Crippen molar-refractivity contribution in [2.75, 3.05) is 4.72 Å². The highest BCUT2D eigenvalue weighted by molar-refractivity contribution is 9.10. The lowest BCUT2D eigenvalue weighted by Crippen LogP contribution is -2.15. The molecule has 2 aromatic heterocycles. The monoisotopic (exact) mass is 374 g/mol.